The Morgan fingerprint density at radius 2 is 1.85 bits per heavy atom. The predicted molar refractivity (Wildman–Crippen MR) is 154 cm³/mol. The van der Waals surface area contributed by atoms with Gasteiger partial charge < -0.3 is 19.3 Å². The lowest BCUT2D eigenvalue weighted by atomic mass is 10.2. The molecule has 4 aromatic rings. The van der Waals surface area contributed by atoms with Gasteiger partial charge in [-0.05, 0) is 30.7 Å². The minimum absolute atomic E-state index is 0.150. The van der Waals surface area contributed by atoms with Crippen molar-refractivity contribution in [1.82, 2.24) is 19.5 Å². The Kier molecular flexibility index (Phi) is 9.21. The van der Waals surface area contributed by atoms with Crippen molar-refractivity contribution in [3.8, 4) is 5.75 Å². The van der Waals surface area contributed by atoms with Crippen LogP contribution < -0.4 is 9.84 Å². The molecule has 2 aromatic heterocycles. The predicted octanol–water partition coefficient (Wildman–Crippen LogP) is 4.66. The van der Waals surface area contributed by atoms with Gasteiger partial charge in [0.1, 0.15) is 30.9 Å². The number of anilines is 1. The smallest absolute Gasteiger partial charge is 0.459 e. The zero-order valence-corrected chi connectivity index (χ0v) is 23.9. The number of unbranched alkanes of at least 4 members (excludes halogenated alkanes) is 1. The number of hydrogen-bond acceptors (Lipinski definition) is 11. The van der Waals surface area contributed by atoms with Crippen LogP contribution in [0.3, 0.4) is 0 Å². The second-order valence-corrected chi connectivity index (χ2v) is 11.2. The number of imidazole rings is 1. The van der Waals surface area contributed by atoms with E-state index < -0.39 is 37.5 Å². The van der Waals surface area contributed by atoms with Gasteiger partial charge in [-0.15, -0.1) is 0 Å². The summed E-state index contributed by atoms with van der Waals surface area (Å²) in [6, 6.07) is 16.6. The van der Waals surface area contributed by atoms with E-state index in [4.69, 9.17) is 31.2 Å². The molecule has 41 heavy (non-hydrogen) atoms. The van der Waals surface area contributed by atoms with Crippen LogP contribution in [0.15, 0.2) is 73.3 Å². The molecule has 1 saturated heterocycles. The van der Waals surface area contributed by atoms with Crippen LogP contribution in [0.2, 0.25) is 0 Å². The van der Waals surface area contributed by atoms with Crippen LogP contribution in [0.5, 0.6) is 5.75 Å². The van der Waals surface area contributed by atoms with Gasteiger partial charge in [-0.3, -0.25) is 14.0 Å². The second kappa shape index (κ2) is 13.0. The van der Waals surface area contributed by atoms with Gasteiger partial charge in [-0.2, -0.15) is 12.6 Å². The quantitative estimate of drug-likeness (QED) is 0.0904. The minimum Gasteiger partial charge on any atom is -0.459 e. The fraction of sp³-hybridized carbons (Fsp3) is 0.333. The van der Waals surface area contributed by atoms with Gasteiger partial charge in [0.25, 0.3) is 0 Å². The van der Waals surface area contributed by atoms with Crippen molar-refractivity contribution in [2.45, 2.75) is 43.5 Å². The summed E-state index contributed by atoms with van der Waals surface area (Å²) < 4.78 is 37.3. The number of hydrogen-bond donors (Lipinski definition) is 3. The second-order valence-electron chi connectivity index (χ2n) is 9.29. The largest absolute Gasteiger partial charge is 0.527 e. The van der Waals surface area contributed by atoms with Crippen LogP contribution in [0.25, 0.3) is 11.2 Å². The van der Waals surface area contributed by atoms with Crippen molar-refractivity contribution < 1.29 is 32.8 Å². The van der Waals surface area contributed by atoms with Crippen LogP contribution in [0, 0.1) is 0 Å². The molecule has 1 aliphatic rings. The normalized spacial score (nSPS) is 21.8. The summed E-state index contributed by atoms with van der Waals surface area (Å²) in [4.78, 5) is 36.4. The Bertz CT molecular complexity index is 1510. The van der Waals surface area contributed by atoms with E-state index in [1.54, 1.807) is 53.1 Å². The first-order valence-electron chi connectivity index (χ1n) is 13.1. The maximum Gasteiger partial charge on any atom is 0.527 e. The van der Waals surface area contributed by atoms with E-state index in [9.17, 15) is 14.3 Å². The lowest BCUT2D eigenvalue weighted by Crippen LogP contribution is -2.34. The van der Waals surface area contributed by atoms with Crippen molar-refractivity contribution in [3.63, 3.8) is 0 Å². The van der Waals surface area contributed by atoms with E-state index >= 15 is 0 Å². The summed E-state index contributed by atoms with van der Waals surface area (Å²) in [5.74, 6) is 0.147. The first-order valence-corrected chi connectivity index (χ1v) is 15.1. The number of phosphoric ester groups is 1. The monoisotopic (exact) mass is 599 g/mol. The summed E-state index contributed by atoms with van der Waals surface area (Å²) in [6.45, 7) is 2.55. The molecule has 0 radical (unpaired) electrons. The molecule has 0 amide bonds. The minimum atomic E-state index is -4.65. The maximum absolute atomic E-state index is 13.0. The summed E-state index contributed by atoms with van der Waals surface area (Å²) in [7, 11) is -4.65. The van der Waals surface area contributed by atoms with Crippen LogP contribution >= 0.6 is 20.5 Å². The number of thiol groups is 1. The van der Waals surface area contributed by atoms with Crippen LogP contribution in [-0.4, -0.2) is 61.0 Å². The molecular formula is C27H30N5O7PS. The van der Waals surface area contributed by atoms with Gasteiger partial charge in [-0.25, -0.2) is 24.3 Å². The SMILES string of the molecule is CCCCNc1ncnc2c1ncn2[C@@H]1O[C@H](COC(=O)c2ccccc2)[C@H](OP(=O)(O)Oc2ccccc2)C1S. The number of rotatable bonds is 12. The number of phosphoric acid groups is 1. The molecule has 1 aliphatic heterocycles. The Morgan fingerprint density at radius 1 is 1.12 bits per heavy atom. The number of carbonyl (C=O) groups excluding carboxylic acids is 1. The van der Waals surface area contributed by atoms with E-state index in [1.165, 1.54) is 24.8 Å². The van der Waals surface area contributed by atoms with E-state index in [0.717, 1.165) is 19.4 Å². The molecule has 2 aromatic carbocycles. The first kappa shape index (κ1) is 29.0. The highest BCUT2D eigenvalue weighted by molar-refractivity contribution is 7.81. The van der Waals surface area contributed by atoms with Gasteiger partial charge in [-0.1, -0.05) is 49.7 Å². The highest BCUT2D eigenvalue weighted by Crippen LogP contribution is 2.49. The van der Waals surface area contributed by atoms with Gasteiger partial charge >= 0.3 is 13.8 Å². The lowest BCUT2D eigenvalue weighted by molar-refractivity contribution is -0.0497. The number of nitrogens with one attached hydrogen (secondary N) is 1. The molecule has 3 heterocycles. The number of nitrogens with zero attached hydrogens (tertiary/aromatic N) is 4. The topological polar surface area (TPSA) is 147 Å². The van der Waals surface area contributed by atoms with Crippen molar-refractivity contribution in [2.75, 3.05) is 18.5 Å². The van der Waals surface area contributed by atoms with Crippen LogP contribution in [-0.2, 0) is 18.6 Å². The highest BCUT2D eigenvalue weighted by Gasteiger charge is 2.49. The van der Waals surface area contributed by atoms with Crippen LogP contribution in [0.1, 0.15) is 36.4 Å². The number of ether oxygens (including phenoxy) is 2. The number of aromatic nitrogens is 4. The molecule has 216 valence electrons. The molecule has 2 N–H and O–H groups in total. The maximum atomic E-state index is 13.0. The van der Waals surface area contributed by atoms with Gasteiger partial charge in [0.15, 0.2) is 23.2 Å². The molecule has 0 spiro atoms. The van der Waals surface area contributed by atoms with E-state index in [0.29, 0.717) is 22.5 Å². The molecule has 5 atom stereocenters. The lowest BCUT2D eigenvalue weighted by Gasteiger charge is -2.23. The molecule has 14 heteroatoms. The standard InChI is InChI=1S/C27H30N5O7PS/c1-2-3-14-28-24-21-25(30-16-29-24)32(17-31-21)26-23(41)22(39-40(34,35)38-19-12-8-5-9-13-19)20(37-26)15-36-27(33)18-10-6-4-7-11-18/h4-13,16-17,20,22-23,26,41H,2-3,14-15H2,1H3,(H,34,35)(H,28,29,30)/t20-,22+,23?,26-/m1/s1. The highest BCUT2D eigenvalue weighted by atomic mass is 32.1. The summed E-state index contributed by atoms with van der Waals surface area (Å²) in [5, 5.41) is 2.46. The van der Waals surface area contributed by atoms with Crippen molar-refractivity contribution in [3.05, 3.63) is 78.9 Å². The van der Waals surface area contributed by atoms with Crippen molar-refractivity contribution >= 4 is 43.4 Å². The average molecular weight is 600 g/mol. The van der Waals surface area contributed by atoms with E-state index in [2.05, 4.69) is 27.2 Å². The number of esters is 1. The Labute approximate surface area is 242 Å². The third-order valence-electron chi connectivity index (χ3n) is 6.37. The molecule has 0 aliphatic carbocycles. The van der Waals surface area contributed by atoms with E-state index in [-0.39, 0.29) is 12.4 Å². The number of para-hydroxylation sites is 1. The average Bonchev–Trinajstić information content (AvgIpc) is 3.53. The molecule has 1 fully saturated rings. The summed E-state index contributed by atoms with van der Waals surface area (Å²) in [5.41, 5.74) is 1.35. The molecular weight excluding hydrogens is 569 g/mol. The Morgan fingerprint density at radius 3 is 2.59 bits per heavy atom. The zero-order chi connectivity index (χ0) is 28.8. The molecule has 2 unspecified atom stereocenters. The molecule has 12 nitrogen and oxygen atoms in total. The van der Waals surface area contributed by atoms with Gasteiger partial charge in [0.05, 0.1) is 17.1 Å². The Hall–Kier alpha value is -3.48. The number of benzene rings is 2. The van der Waals surface area contributed by atoms with Crippen molar-refractivity contribution in [2.24, 2.45) is 0 Å². The fourth-order valence-electron chi connectivity index (χ4n) is 4.37. The summed E-state index contributed by atoms with van der Waals surface area (Å²) >= 11 is 4.72. The molecule has 0 saturated carbocycles. The first-order chi connectivity index (χ1) is 19.9. The number of carbonyl (C=O) groups is 1. The van der Waals surface area contributed by atoms with Gasteiger partial charge in [0, 0.05) is 6.54 Å². The number of fused-ring (bicyclic) bond motifs is 1. The van der Waals surface area contributed by atoms with Gasteiger partial charge in [0.2, 0.25) is 0 Å². The zero-order valence-electron chi connectivity index (χ0n) is 22.1. The third kappa shape index (κ3) is 6.88. The fourth-order valence-corrected chi connectivity index (χ4v) is 5.94. The van der Waals surface area contributed by atoms with E-state index in [1.807, 2.05) is 0 Å². The van der Waals surface area contributed by atoms with Crippen molar-refractivity contribution in [1.29, 1.82) is 0 Å². The molecule has 5 rings (SSSR count). The van der Waals surface area contributed by atoms with Crippen LogP contribution in [0.4, 0.5) is 5.82 Å². The Balaban J connectivity index is 1.39. The summed E-state index contributed by atoms with van der Waals surface area (Å²) in [6.07, 6.45) is 2.00. The third-order valence-corrected chi connectivity index (χ3v) is 7.87. The molecule has 0 bridgehead atoms.